The first-order valence-corrected chi connectivity index (χ1v) is 9.96. The van der Waals surface area contributed by atoms with E-state index in [2.05, 4.69) is 27.7 Å². The average molecular weight is 390 g/mol. The van der Waals surface area contributed by atoms with Gasteiger partial charge in [0, 0.05) is 22.4 Å². The topological polar surface area (TPSA) is 32.3 Å². The Balaban J connectivity index is 1.54. The molecule has 2 aromatic heterocycles. The number of carbonyl (C=O) groups is 1. The van der Waals surface area contributed by atoms with E-state index in [1.165, 1.54) is 21.4 Å². The van der Waals surface area contributed by atoms with Crippen LogP contribution in [0.25, 0.3) is 0 Å². The number of hydrogen-bond donors (Lipinski definition) is 1. The third-order valence-corrected chi connectivity index (χ3v) is 6.35. The molecule has 0 spiro atoms. The summed E-state index contributed by atoms with van der Waals surface area (Å²) >= 11 is 3.41. The van der Waals surface area contributed by atoms with Crippen molar-refractivity contribution in [3.8, 4) is 0 Å². The normalized spacial score (nSPS) is 17.1. The molecule has 1 aliphatic heterocycles. The summed E-state index contributed by atoms with van der Waals surface area (Å²) in [5.41, 5.74) is 1.24. The fraction of sp³-hybridized carbons (Fsp3) is 0.211. The molecule has 0 aliphatic carbocycles. The molecule has 3 aromatic rings. The predicted molar refractivity (Wildman–Crippen MR) is 101 cm³/mol. The van der Waals surface area contributed by atoms with Crippen LogP contribution < -0.4 is 5.32 Å². The van der Waals surface area contributed by atoms with E-state index in [1.54, 1.807) is 22.7 Å². The van der Waals surface area contributed by atoms with E-state index in [9.17, 15) is 13.6 Å². The number of amides is 1. The van der Waals surface area contributed by atoms with Gasteiger partial charge in [-0.25, -0.2) is 8.78 Å². The number of rotatable bonds is 4. The molecule has 1 aliphatic rings. The third kappa shape index (κ3) is 3.42. The van der Waals surface area contributed by atoms with Crippen LogP contribution >= 0.6 is 22.7 Å². The van der Waals surface area contributed by atoms with Crippen molar-refractivity contribution in [2.24, 2.45) is 0 Å². The lowest BCUT2D eigenvalue weighted by atomic mass is 9.98. The first-order chi connectivity index (χ1) is 12.6. The molecule has 134 valence electrons. The van der Waals surface area contributed by atoms with Gasteiger partial charge < -0.3 is 5.32 Å². The maximum atomic E-state index is 13.8. The molecular weight excluding hydrogens is 374 g/mol. The van der Waals surface area contributed by atoms with Gasteiger partial charge >= 0.3 is 0 Å². The summed E-state index contributed by atoms with van der Waals surface area (Å²) in [6.45, 7) is 0.907. The van der Waals surface area contributed by atoms with E-state index >= 15 is 0 Å². The molecule has 0 saturated carbocycles. The number of halogens is 2. The fourth-order valence-electron chi connectivity index (χ4n) is 3.28. The molecular formula is C19H16F2N2OS2. The standard InChI is InChI=1S/C19H16F2N2OS2/c20-12-3-4-15(14(21)10-12)22-18(24)11-23-7-5-16-13(6-9-26-16)19(23)17-2-1-8-25-17/h1-4,6,8-10,19H,5,7,11H2,(H,22,24). The summed E-state index contributed by atoms with van der Waals surface area (Å²) in [5.74, 6) is -1.75. The molecule has 3 heterocycles. The van der Waals surface area contributed by atoms with E-state index in [0.29, 0.717) is 0 Å². The van der Waals surface area contributed by atoms with Crippen molar-refractivity contribution in [2.45, 2.75) is 12.5 Å². The van der Waals surface area contributed by atoms with E-state index < -0.39 is 11.6 Å². The van der Waals surface area contributed by atoms with Crippen LogP contribution in [0.1, 0.15) is 21.4 Å². The minimum atomic E-state index is -0.771. The van der Waals surface area contributed by atoms with Gasteiger partial charge in [0.2, 0.25) is 5.91 Å². The number of carbonyl (C=O) groups excluding carboxylic acids is 1. The van der Waals surface area contributed by atoms with Crippen LogP contribution in [-0.4, -0.2) is 23.9 Å². The van der Waals surface area contributed by atoms with Crippen LogP contribution in [0.2, 0.25) is 0 Å². The van der Waals surface area contributed by atoms with Crippen LogP contribution in [0.15, 0.2) is 47.2 Å². The van der Waals surface area contributed by atoms with Gasteiger partial charge in [-0.05, 0) is 47.0 Å². The van der Waals surface area contributed by atoms with E-state index in [-0.39, 0.29) is 24.2 Å². The molecule has 4 rings (SSSR count). The van der Waals surface area contributed by atoms with Crippen molar-refractivity contribution in [3.05, 3.63) is 74.1 Å². The van der Waals surface area contributed by atoms with Gasteiger partial charge in [0.1, 0.15) is 11.6 Å². The molecule has 1 amide bonds. The number of anilines is 1. The van der Waals surface area contributed by atoms with Gasteiger partial charge in [-0.15, -0.1) is 22.7 Å². The minimum Gasteiger partial charge on any atom is -0.322 e. The fourth-order valence-corrected chi connectivity index (χ4v) is 5.06. The quantitative estimate of drug-likeness (QED) is 0.702. The van der Waals surface area contributed by atoms with Gasteiger partial charge in [0.15, 0.2) is 0 Å². The van der Waals surface area contributed by atoms with Crippen molar-refractivity contribution in [3.63, 3.8) is 0 Å². The second-order valence-corrected chi connectivity index (χ2v) is 8.09. The Bertz CT molecular complexity index is 924. The van der Waals surface area contributed by atoms with Gasteiger partial charge in [-0.3, -0.25) is 9.69 Å². The largest absolute Gasteiger partial charge is 0.322 e. The third-order valence-electron chi connectivity index (χ3n) is 4.43. The number of benzene rings is 1. The molecule has 0 radical (unpaired) electrons. The van der Waals surface area contributed by atoms with Gasteiger partial charge in [-0.2, -0.15) is 0 Å². The van der Waals surface area contributed by atoms with Crippen LogP contribution in [0.4, 0.5) is 14.5 Å². The summed E-state index contributed by atoms with van der Waals surface area (Å²) in [7, 11) is 0. The van der Waals surface area contributed by atoms with E-state index in [1.807, 2.05) is 11.4 Å². The molecule has 1 unspecified atom stereocenters. The maximum absolute atomic E-state index is 13.8. The summed E-state index contributed by atoms with van der Waals surface area (Å²) in [6.07, 6.45) is 0.896. The van der Waals surface area contributed by atoms with Crippen LogP contribution in [0.5, 0.6) is 0 Å². The zero-order valence-corrected chi connectivity index (χ0v) is 15.4. The highest BCUT2D eigenvalue weighted by atomic mass is 32.1. The van der Waals surface area contributed by atoms with Crippen molar-refractivity contribution < 1.29 is 13.6 Å². The van der Waals surface area contributed by atoms with Gasteiger partial charge in [-0.1, -0.05) is 6.07 Å². The summed E-state index contributed by atoms with van der Waals surface area (Å²) in [5, 5.41) is 6.67. The van der Waals surface area contributed by atoms with E-state index in [4.69, 9.17) is 0 Å². The minimum absolute atomic E-state index is 0.00249. The van der Waals surface area contributed by atoms with Crippen LogP contribution in [0.3, 0.4) is 0 Å². The number of thiophene rings is 2. The second-order valence-electron chi connectivity index (χ2n) is 6.11. The molecule has 1 aromatic carbocycles. The summed E-state index contributed by atoms with van der Waals surface area (Å²) < 4.78 is 26.8. The number of nitrogens with zero attached hydrogens (tertiary/aromatic N) is 1. The monoisotopic (exact) mass is 390 g/mol. The SMILES string of the molecule is O=C(CN1CCc2sccc2C1c1cccs1)Nc1ccc(F)cc1F. The van der Waals surface area contributed by atoms with Crippen molar-refractivity contribution >= 4 is 34.3 Å². The van der Waals surface area contributed by atoms with Crippen molar-refractivity contribution in [1.82, 2.24) is 4.90 Å². The molecule has 0 bridgehead atoms. The van der Waals surface area contributed by atoms with Gasteiger partial charge in [0.25, 0.3) is 0 Å². The second kappa shape index (κ2) is 7.26. The lowest BCUT2D eigenvalue weighted by molar-refractivity contribution is -0.117. The smallest absolute Gasteiger partial charge is 0.238 e. The zero-order chi connectivity index (χ0) is 18.1. The van der Waals surface area contributed by atoms with Gasteiger partial charge in [0.05, 0.1) is 18.3 Å². The Kier molecular flexibility index (Phi) is 4.84. The zero-order valence-electron chi connectivity index (χ0n) is 13.7. The Morgan fingerprint density at radius 2 is 2.08 bits per heavy atom. The van der Waals surface area contributed by atoms with Crippen molar-refractivity contribution in [2.75, 3.05) is 18.4 Å². The molecule has 0 fully saturated rings. The van der Waals surface area contributed by atoms with Crippen LogP contribution in [0, 0.1) is 11.6 Å². The first-order valence-electron chi connectivity index (χ1n) is 8.20. The molecule has 26 heavy (non-hydrogen) atoms. The maximum Gasteiger partial charge on any atom is 0.238 e. The van der Waals surface area contributed by atoms with Crippen molar-refractivity contribution in [1.29, 1.82) is 0 Å². The molecule has 1 atom stereocenters. The summed E-state index contributed by atoms with van der Waals surface area (Å²) in [6, 6.07) is 9.38. The molecule has 3 nitrogen and oxygen atoms in total. The Morgan fingerprint density at radius 3 is 2.85 bits per heavy atom. The Morgan fingerprint density at radius 1 is 1.19 bits per heavy atom. The number of hydrogen-bond acceptors (Lipinski definition) is 4. The Labute approximate surface area is 157 Å². The lowest BCUT2D eigenvalue weighted by Gasteiger charge is -2.34. The number of fused-ring (bicyclic) bond motifs is 1. The predicted octanol–water partition coefficient (Wildman–Crippen LogP) is 4.67. The molecule has 7 heteroatoms. The number of nitrogens with one attached hydrogen (secondary N) is 1. The first kappa shape index (κ1) is 17.3. The Hall–Kier alpha value is -2.09. The highest BCUT2D eigenvalue weighted by Crippen LogP contribution is 2.39. The highest BCUT2D eigenvalue weighted by Gasteiger charge is 2.31. The lowest BCUT2D eigenvalue weighted by Crippen LogP contribution is -2.40. The van der Waals surface area contributed by atoms with Crippen LogP contribution in [-0.2, 0) is 11.2 Å². The molecule has 0 saturated heterocycles. The highest BCUT2D eigenvalue weighted by molar-refractivity contribution is 7.10. The van der Waals surface area contributed by atoms with E-state index in [0.717, 1.165) is 25.1 Å². The molecule has 1 N–H and O–H groups in total. The summed E-state index contributed by atoms with van der Waals surface area (Å²) in [4.78, 5) is 17.1. The average Bonchev–Trinajstić information content (AvgIpc) is 3.28.